The Morgan fingerprint density at radius 3 is 2.82 bits per heavy atom. The van der Waals surface area contributed by atoms with Gasteiger partial charge in [0.15, 0.2) is 0 Å². The molecule has 0 spiro atoms. The maximum Gasteiger partial charge on any atom is 0.317 e. The number of nitrogens with one attached hydrogen (secondary N) is 2. The van der Waals surface area contributed by atoms with Crippen molar-refractivity contribution in [3.8, 4) is 10.6 Å². The Hall–Kier alpha value is -2.00. The first-order valence-electron chi connectivity index (χ1n) is 6.91. The van der Waals surface area contributed by atoms with E-state index in [1.807, 2.05) is 16.8 Å². The number of urea groups is 1. The molecule has 0 radical (unpaired) electrons. The number of anilines is 1. The molecule has 9 heteroatoms. The molecule has 0 unspecified atom stereocenters. The molecule has 0 saturated carbocycles. The van der Waals surface area contributed by atoms with Gasteiger partial charge in [-0.15, -0.1) is 10.2 Å². The summed E-state index contributed by atoms with van der Waals surface area (Å²) in [4.78, 5) is 25.3. The Morgan fingerprint density at radius 2 is 2.09 bits per heavy atom. The third kappa shape index (κ3) is 3.60. The van der Waals surface area contributed by atoms with E-state index in [0.717, 1.165) is 36.5 Å². The summed E-state index contributed by atoms with van der Waals surface area (Å²) in [5.74, 6) is -0.305. The molecule has 3 amide bonds. The quantitative estimate of drug-likeness (QED) is 0.893. The van der Waals surface area contributed by atoms with Gasteiger partial charge < -0.3 is 10.2 Å². The van der Waals surface area contributed by atoms with Crippen LogP contribution in [0.2, 0.25) is 0 Å². The molecule has 3 heterocycles. The first-order chi connectivity index (χ1) is 10.7. The molecule has 1 fully saturated rings. The van der Waals surface area contributed by atoms with Crippen LogP contribution in [-0.4, -0.2) is 46.7 Å². The van der Waals surface area contributed by atoms with Crippen molar-refractivity contribution in [2.75, 3.05) is 25.0 Å². The molecule has 0 aromatic carbocycles. The zero-order chi connectivity index (χ0) is 15.4. The van der Waals surface area contributed by atoms with E-state index in [-0.39, 0.29) is 18.5 Å². The zero-order valence-corrected chi connectivity index (χ0v) is 13.4. The molecule has 116 valence electrons. The number of likely N-dealkylation sites (tertiary alicyclic amines) is 1. The first-order valence-corrected chi connectivity index (χ1v) is 8.67. The van der Waals surface area contributed by atoms with Crippen LogP contribution in [0.3, 0.4) is 0 Å². The monoisotopic (exact) mass is 337 g/mol. The minimum atomic E-state index is -0.305. The normalized spacial score (nSPS) is 14.1. The molecule has 3 rings (SSSR count). The molecule has 7 nitrogen and oxygen atoms in total. The molecule has 22 heavy (non-hydrogen) atoms. The molecular weight excluding hydrogens is 322 g/mol. The molecule has 0 bridgehead atoms. The Labute approximate surface area is 135 Å². The lowest BCUT2D eigenvalue weighted by molar-refractivity contribution is -0.115. The third-order valence-electron chi connectivity index (χ3n) is 3.23. The van der Waals surface area contributed by atoms with Crippen LogP contribution in [-0.2, 0) is 4.79 Å². The number of hydrogen-bond donors (Lipinski definition) is 2. The van der Waals surface area contributed by atoms with Gasteiger partial charge in [0.05, 0.1) is 6.54 Å². The fourth-order valence-electron chi connectivity index (χ4n) is 2.13. The SMILES string of the molecule is O=C(CNC(=O)N1CCCC1)Nc1nnc(-c2ccsc2)s1. The van der Waals surface area contributed by atoms with E-state index in [2.05, 4.69) is 20.8 Å². The van der Waals surface area contributed by atoms with E-state index < -0.39 is 0 Å². The molecule has 2 aromatic heterocycles. The predicted octanol–water partition coefficient (Wildman–Crippen LogP) is 2.01. The average Bonchev–Trinajstić information content (AvgIpc) is 3.23. The maximum atomic E-state index is 11.8. The number of carbonyl (C=O) groups excluding carboxylic acids is 2. The zero-order valence-electron chi connectivity index (χ0n) is 11.7. The number of carbonyl (C=O) groups is 2. The number of rotatable bonds is 4. The first kappa shape index (κ1) is 14.9. The summed E-state index contributed by atoms with van der Waals surface area (Å²) in [7, 11) is 0. The van der Waals surface area contributed by atoms with Gasteiger partial charge in [0.1, 0.15) is 5.01 Å². The van der Waals surface area contributed by atoms with Crippen LogP contribution >= 0.6 is 22.7 Å². The summed E-state index contributed by atoms with van der Waals surface area (Å²) in [5.41, 5.74) is 0.991. The van der Waals surface area contributed by atoms with Gasteiger partial charge in [-0.1, -0.05) is 11.3 Å². The molecule has 0 aliphatic carbocycles. The van der Waals surface area contributed by atoms with E-state index in [9.17, 15) is 9.59 Å². The summed E-state index contributed by atoms with van der Waals surface area (Å²) in [6.07, 6.45) is 2.05. The van der Waals surface area contributed by atoms with Crippen LogP contribution in [0.4, 0.5) is 9.93 Å². The van der Waals surface area contributed by atoms with Gasteiger partial charge in [0.2, 0.25) is 11.0 Å². The number of amides is 3. The van der Waals surface area contributed by atoms with Gasteiger partial charge in [-0.3, -0.25) is 10.1 Å². The summed E-state index contributed by atoms with van der Waals surface area (Å²) in [5, 5.41) is 18.4. The lowest BCUT2D eigenvalue weighted by atomic mass is 10.4. The van der Waals surface area contributed by atoms with Crippen LogP contribution in [0.5, 0.6) is 0 Å². The van der Waals surface area contributed by atoms with Crippen molar-refractivity contribution in [1.82, 2.24) is 20.4 Å². The van der Waals surface area contributed by atoms with Crippen LogP contribution < -0.4 is 10.6 Å². The van der Waals surface area contributed by atoms with Gasteiger partial charge in [0.25, 0.3) is 0 Å². The largest absolute Gasteiger partial charge is 0.329 e. The van der Waals surface area contributed by atoms with Gasteiger partial charge in [-0.2, -0.15) is 11.3 Å². The smallest absolute Gasteiger partial charge is 0.317 e. The number of hydrogen-bond acceptors (Lipinski definition) is 6. The number of aromatic nitrogens is 2. The van der Waals surface area contributed by atoms with E-state index >= 15 is 0 Å². The van der Waals surface area contributed by atoms with Crippen LogP contribution in [0, 0.1) is 0 Å². The van der Waals surface area contributed by atoms with Gasteiger partial charge >= 0.3 is 6.03 Å². The lowest BCUT2D eigenvalue weighted by Gasteiger charge is -2.15. The molecule has 2 N–H and O–H groups in total. The highest BCUT2D eigenvalue weighted by atomic mass is 32.1. The van der Waals surface area contributed by atoms with Crippen molar-refractivity contribution >= 4 is 39.7 Å². The van der Waals surface area contributed by atoms with Crippen molar-refractivity contribution in [1.29, 1.82) is 0 Å². The Balaban J connectivity index is 1.48. The predicted molar refractivity (Wildman–Crippen MR) is 86.1 cm³/mol. The van der Waals surface area contributed by atoms with E-state index in [0.29, 0.717) is 5.13 Å². The fraction of sp³-hybridized carbons (Fsp3) is 0.385. The molecule has 2 aromatic rings. The molecule has 1 aliphatic heterocycles. The second kappa shape index (κ2) is 6.84. The number of thiophene rings is 1. The van der Waals surface area contributed by atoms with E-state index in [4.69, 9.17) is 0 Å². The number of nitrogens with zero attached hydrogens (tertiary/aromatic N) is 3. The van der Waals surface area contributed by atoms with Gasteiger partial charge in [-0.25, -0.2) is 4.79 Å². The Kier molecular flexibility index (Phi) is 4.64. The van der Waals surface area contributed by atoms with Crippen LogP contribution in [0.25, 0.3) is 10.6 Å². The summed E-state index contributed by atoms with van der Waals surface area (Å²) in [6, 6.07) is 1.76. The minimum absolute atomic E-state index is 0.0668. The molecule has 1 saturated heterocycles. The van der Waals surface area contributed by atoms with Gasteiger partial charge in [0, 0.05) is 24.0 Å². The Bertz CT molecular complexity index is 649. The highest BCUT2D eigenvalue weighted by molar-refractivity contribution is 7.19. The van der Waals surface area contributed by atoms with Crippen molar-refractivity contribution < 1.29 is 9.59 Å². The highest BCUT2D eigenvalue weighted by Gasteiger charge is 2.18. The highest BCUT2D eigenvalue weighted by Crippen LogP contribution is 2.27. The van der Waals surface area contributed by atoms with Crippen LogP contribution in [0.1, 0.15) is 12.8 Å². The molecule has 0 atom stereocenters. The van der Waals surface area contributed by atoms with Crippen molar-refractivity contribution in [3.63, 3.8) is 0 Å². The van der Waals surface area contributed by atoms with Gasteiger partial charge in [-0.05, 0) is 24.3 Å². The molecular formula is C13H15N5O2S2. The second-order valence-corrected chi connectivity index (χ2v) is 6.58. The molecule has 1 aliphatic rings. The van der Waals surface area contributed by atoms with Crippen LogP contribution in [0.15, 0.2) is 16.8 Å². The minimum Gasteiger partial charge on any atom is -0.329 e. The summed E-state index contributed by atoms with van der Waals surface area (Å²) < 4.78 is 0. The topological polar surface area (TPSA) is 87.2 Å². The summed E-state index contributed by atoms with van der Waals surface area (Å²) >= 11 is 2.89. The fourth-order valence-corrected chi connectivity index (χ4v) is 3.60. The Morgan fingerprint density at radius 1 is 1.27 bits per heavy atom. The second-order valence-electron chi connectivity index (χ2n) is 4.83. The third-order valence-corrected chi connectivity index (χ3v) is 4.80. The van der Waals surface area contributed by atoms with Crippen molar-refractivity contribution in [2.24, 2.45) is 0 Å². The maximum absolute atomic E-state index is 11.8. The average molecular weight is 337 g/mol. The van der Waals surface area contributed by atoms with E-state index in [1.165, 1.54) is 11.3 Å². The summed E-state index contributed by atoms with van der Waals surface area (Å²) in [6.45, 7) is 1.45. The standard InChI is InChI=1S/C13H15N5O2S2/c19-10(7-14-13(20)18-4-1-2-5-18)15-12-17-16-11(22-12)9-3-6-21-8-9/h3,6,8H,1-2,4-5,7H2,(H,14,20)(H,15,17,19). The van der Waals surface area contributed by atoms with Crippen molar-refractivity contribution in [2.45, 2.75) is 12.8 Å². The lowest BCUT2D eigenvalue weighted by Crippen LogP contribution is -2.41. The van der Waals surface area contributed by atoms with E-state index in [1.54, 1.807) is 16.2 Å². The van der Waals surface area contributed by atoms with Crippen molar-refractivity contribution in [3.05, 3.63) is 16.8 Å².